The van der Waals surface area contributed by atoms with Crippen molar-refractivity contribution >= 4 is 5.91 Å². The maximum Gasteiger partial charge on any atom is 0.253 e. The Balaban J connectivity index is 1.90. The molecular weight excluding hydrogens is 320 g/mol. The third-order valence-corrected chi connectivity index (χ3v) is 4.33. The van der Waals surface area contributed by atoms with Crippen molar-refractivity contribution in [1.29, 1.82) is 0 Å². The smallest absolute Gasteiger partial charge is 0.253 e. The number of carbonyl (C=O) groups excluding carboxylic acids is 1. The van der Waals surface area contributed by atoms with Gasteiger partial charge in [-0.05, 0) is 32.0 Å². The lowest BCUT2D eigenvalue weighted by atomic mass is 9.89. The predicted molar refractivity (Wildman–Crippen MR) is 94.2 cm³/mol. The first-order valence-corrected chi connectivity index (χ1v) is 8.13. The minimum Gasteiger partial charge on any atom is -0.497 e. The van der Waals surface area contributed by atoms with E-state index in [1.165, 1.54) is 22.9 Å². The van der Waals surface area contributed by atoms with Crippen LogP contribution in [-0.4, -0.2) is 23.2 Å². The van der Waals surface area contributed by atoms with E-state index < -0.39 is 5.60 Å². The molecule has 1 aromatic heterocycles. The second-order valence-corrected chi connectivity index (χ2v) is 6.86. The number of carbonyl (C=O) groups is 1. The molecule has 0 bridgehead atoms. The highest BCUT2D eigenvalue weighted by Crippen LogP contribution is 2.41. The number of hydrogen-bond donors (Lipinski definition) is 1. The van der Waals surface area contributed by atoms with E-state index in [-0.39, 0.29) is 17.5 Å². The molecule has 1 amide bonds. The molecule has 0 spiro atoms. The molecule has 6 nitrogen and oxygen atoms in total. The standard InChI is InChI=1S/C19H22N2O4/c1-19(2)10-15(14-7-6-13(24-4)9-16(14)25-19)20-18(23)12-5-8-17(22)21(3)11-12/h5-9,11,15H,10H2,1-4H3,(H,20,23). The number of aryl methyl sites for hydroxylation is 1. The van der Waals surface area contributed by atoms with Gasteiger partial charge in [0.2, 0.25) is 5.56 Å². The molecule has 0 fully saturated rings. The molecule has 25 heavy (non-hydrogen) atoms. The van der Waals surface area contributed by atoms with E-state index in [1.54, 1.807) is 14.2 Å². The Morgan fingerprint density at radius 3 is 2.76 bits per heavy atom. The average Bonchev–Trinajstić information content (AvgIpc) is 2.55. The van der Waals surface area contributed by atoms with Crippen molar-refractivity contribution in [2.45, 2.75) is 31.9 Å². The van der Waals surface area contributed by atoms with Gasteiger partial charge in [0.1, 0.15) is 17.1 Å². The average molecular weight is 342 g/mol. The first kappa shape index (κ1) is 17.1. The molecule has 2 aromatic rings. The Bertz CT molecular complexity index is 870. The normalized spacial score (nSPS) is 18.0. The summed E-state index contributed by atoms with van der Waals surface area (Å²) < 4.78 is 12.7. The molecule has 1 N–H and O–H groups in total. The quantitative estimate of drug-likeness (QED) is 0.930. The van der Waals surface area contributed by atoms with Crippen molar-refractivity contribution in [2.24, 2.45) is 7.05 Å². The highest BCUT2D eigenvalue weighted by Gasteiger charge is 2.35. The zero-order valence-electron chi connectivity index (χ0n) is 14.8. The van der Waals surface area contributed by atoms with Crippen LogP contribution in [-0.2, 0) is 7.05 Å². The van der Waals surface area contributed by atoms with Crippen LogP contribution >= 0.6 is 0 Å². The molecular formula is C19H22N2O4. The molecule has 3 rings (SSSR count). The Labute approximate surface area is 146 Å². The lowest BCUT2D eigenvalue weighted by Crippen LogP contribution is -2.41. The number of pyridine rings is 1. The number of ether oxygens (including phenoxy) is 2. The first-order chi connectivity index (χ1) is 11.8. The lowest BCUT2D eigenvalue weighted by molar-refractivity contribution is 0.0617. The molecule has 132 valence electrons. The summed E-state index contributed by atoms with van der Waals surface area (Å²) in [4.78, 5) is 24.1. The van der Waals surface area contributed by atoms with Gasteiger partial charge in [0.15, 0.2) is 0 Å². The Morgan fingerprint density at radius 2 is 2.08 bits per heavy atom. The van der Waals surface area contributed by atoms with Crippen molar-refractivity contribution in [1.82, 2.24) is 9.88 Å². The van der Waals surface area contributed by atoms with Crippen molar-refractivity contribution in [3.63, 3.8) is 0 Å². The minimum atomic E-state index is -0.416. The molecule has 1 aliphatic rings. The number of amides is 1. The van der Waals surface area contributed by atoms with E-state index in [9.17, 15) is 9.59 Å². The molecule has 1 unspecified atom stereocenters. The Hall–Kier alpha value is -2.76. The van der Waals surface area contributed by atoms with Crippen LogP contribution in [0.15, 0.2) is 41.3 Å². The van der Waals surface area contributed by atoms with Crippen molar-refractivity contribution in [2.75, 3.05) is 7.11 Å². The van der Waals surface area contributed by atoms with Crippen molar-refractivity contribution < 1.29 is 14.3 Å². The zero-order chi connectivity index (χ0) is 18.2. The number of fused-ring (bicyclic) bond motifs is 1. The first-order valence-electron chi connectivity index (χ1n) is 8.13. The van der Waals surface area contributed by atoms with Gasteiger partial charge in [-0.1, -0.05) is 0 Å². The lowest BCUT2D eigenvalue weighted by Gasteiger charge is -2.38. The van der Waals surface area contributed by atoms with E-state index in [4.69, 9.17) is 9.47 Å². The number of nitrogens with one attached hydrogen (secondary N) is 1. The second-order valence-electron chi connectivity index (χ2n) is 6.86. The van der Waals surface area contributed by atoms with Crippen LogP contribution in [0.4, 0.5) is 0 Å². The number of hydrogen-bond acceptors (Lipinski definition) is 4. The van der Waals surface area contributed by atoms with Gasteiger partial charge in [0, 0.05) is 37.4 Å². The fourth-order valence-corrected chi connectivity index (χ4v) is 3.06. The van der Waals surface area contributed by atoms with Crippen molar-refractivity contribution in [3.05, 3.63) is 58.0 Å². The Kier molecular flexibility index (Phi) is 4.29. The topological polar surface area (TPSA) is 69.6 Å². The molecule has 0 saturated heterocycles. The number of methoxy groups -OCH3 is 1. The van der Waals surface area contributed by atoms with E-state index >= 15 is 0 Å². The third-order valence-electron chi connectivity index (χ3n) is 4.33. The SMILES string of the molecule is COc1ccc2c(c1)OC(C)(C)CC2NC(=O)c1ccc(=O)n(C)c1. The summed E-state index contributed by atoms with van der Waals surface area (Å²) in [5.41, 5.74) is 0.793. The van der Waals surface area contributed by atoms with E-state index in [1.807, 2.05) is 32.0 Å². The molecule has 2 heterocycles. The van der Waals surface area contributed by atoms with Crippen LogP contribution in [0.1, 0.15) is 42.2 Å². The fraction of sp³-hybridized carbons (Fsp3) is 0.368. The van der Waals surface area contributed by atoms with Gasteiger partial charge in [-0.15, -0.1) is 0 Å². The van der Waals surface area contributed by atoms with E-state index in [0.29, 0.717) is 23.5 Å². The van der Waals surface area contributed by atoms with Crippen LogP contribution in [0.25, 0.3) is 0 Å². The largest absolute Gasteiger partial charge is 0.497 e. The maximum absolute atomic E-state index is 12.6. The molecule has 0 radical (unpaired) electrons. The number of rotatable bonds is 3. The Morgan fingerprint density at radius 1 is 1.32 bits per heavy atom. The fourth-order valence-electron chi connectivity index (χ4n) is 3.06. The number of nitrogens with zero attached hydrogens (tertiary/aromatic N) is 1. The second kappa shape index (κ2) is 6.27. The number of benzene rings is 1. The van der Waals surface area contributed by atoms with Gasteiger partial charge in [-0.2, -0.15) is 0 Å². The maximum atomic E-state index is 12.6. The monoisotopic (exact) mass is 342 g/mol. The minimum absolute atomic E-state index is 0.152. The van der Waals surface area contributed by atoms with Gasteiger partial charge >= 0.3 is 0 Å². The van der Waals surface area contributed by atoms with Gasteiger partial charge in [0.05, 0.1) is 18.7 Å². The zero-order valence-corrected chi connectivity index (χ0v) is 14.8. The third kappa shape index (κ3) is 3.52. The van der Waals surface area contributed by atoms with E-state index in [2.05, 4.69) is 5.32 Å². The molecule has 6 heteroatoms. The number of aromatic nitrogens is 1. The summed E-state index contributed by atoms with van der Waals surface area (Å²) >= 11 is 0. The van der Waals surface area contributed by atoms with Crippen LogP contribution in [0.3, 0.4) is 0 Å². The van der Waals surface area contributed by atoms with Gasteiger partial charge < -0.3 is 19.4 Å². The van der Waals surface area contributed by atoms with Gasteiger partial charge in [-0.25, -0.2) is 0 Å². The molecule has 0 aliphatic carbocycles. The van der Waals surface area contributed by atoms with Crippen LogP contribution in [0.2, 0.25) is 0 Å². The molecule has 1 aromatic carbocycles. The van der Waals surface area contributed by atoms with Gasteiger partial charge in [0.25, 0.3) is 5.91 Å². The summed E-state index contributed by atoms with van der Waals surface area (Å²) in [5.74, 6) is 1.20. The predicted octanol–water partition coefficient (Wildman–Crippen LogP) is 2.43. The van der Waals surface area contributed by atoms with Crippen molar-refractivity contribution in [3.8, 4) is 11.5 Å². The van der Waals surface area contributed by atoms with E-state index in [0.717, 1.165) is 5.56 Å². The summed E-state index contributed by atoms with van der Waals surface area (Å²) in [6, 6.07) is 8.34. The highest BCUT2D eigenvalue weighted by atomic mass is 16.5. The highest BCUT2D eigenvalue weighted by molar-refractivity contribution is 5.94. The summed E-state index contributed by atoms with van der Waals surface area (Å²) in [7, 11) is 3.23. The molecule has 0 saturated carbocycles. The van der Waals surface area contributed by atoms with Crippen LogP contribution < -0.4 is 20.3 Å². The van der Waals surface area contributed by atoms with Crippen LogP contribution in [0, 0.1) is 0 Å². The van der Waals surface area contributed by atoms with Crippen LogP contribution in [0.5, 0.6) is 11.5 Å². The molecule has 1 atom stereocenters. The van der Waals surface area contributed by atoms with Gasteiger partial charge in [-0.3, -0.25) is 9.59 Å². The summed E-state index contributed by atoms with van der Waals surface area (Å²) in [6.45, 7) is 3.97. The summed E-state index contributed by atoms with van der Waals surface area (Å²) in [6.07, 6.45) is 2.18. The summed E-state index contributed by atoms with van der Waals surface area (Å²) in [5, 5.41) is 3.06. The molecule has 1 aliphatic heterocycles.